The second-order valence-electron chi connectivity index (χ2n) is 3.76. The summed E-state index contributed by atoms with van der Waals surface area (Å²) in [5.74, 6) is 0.393. The van der Waals surface area contributed by atoms with Gasteiger partial charge < -0.3 is 5.32 Å². The second kappa shape index (κ2) is 2.42. The Balaban J connectivity index is 2.16. The molecule has 3 heteroatoms. The van der Waals surface area contributed by atoms with Crippen LogP contribution in [0.1, 0.15) is 23.3 Å². The molecule has 1 aromatic heterocycles. The molecule has 68 valence electrons. The largest absolute Gasteiger partial charge is 0.301 e. The molecule has 0 saturated carbocycles. The number of hydrogen-bond donors (Lipinski definition) is 1. The minimum Gasteiger partial charge on any atom is -0.301 e. The first-order chi connectivity index (χ1) is 6.33. The van der Waals surface area contributed by atoms with Crippen molar-refractivity contribution in [1.82, 2.24) is 5.32 Å². The lowest BCUT2D eigenvalue weighted by atomic mass is 9.90. The first-order valence-electron chi connectivity index (χ1n) is 4.68. The Bertz CT molecular complexity index is 371. The van der Waals surface area contributed by atoms with Gasteiger partial charge in [-0.25, -0.2) is 0 Å². The van der Waals surface area contributed by atoms with E-state index < -0.39 is 0 Å². The van der Waals surface area contributed by atoms with Gasteiger partial charge in [0.25, 0.3) is 0 Å². The lowest BCUT2D eigenvalue weighted by Crippen LogP contribution is -2.39. The van der Waals surface area contributed by atoms with Crippen LogP contribution in [0.15, 0.2) is 11.4 Å². The van der Waals surface area contributed by atoms with Crippen LogP contribution < -0.4 is 5.32 Å². The van der Waals surface area contributed by atoms with Crippen LogP contribution in [-0.4, -0.2) is 12.3 Å². The third-order valence-electron chi connectivity index (χ3n) is 3.19. The highest BCUT2D eigenvalue weighted by Crippen LogP contribution is 2.42. The fraction of sp³-hybridized carbons (Fsp3) is 0.500. The van der Waals surface area contributed by atoms with Crippen molar-refractivity contribution >= 4 is 17.1 Å². The van der Waals surface area contributed by atoms with Crippen molar-refractivity contribution in [2.24, 2.45) is 0 Å². The highest BCUT2D eigenvalue weighted by atomic mass is 32.1. The minimum atomic E-state index is -0.269. The van der Waals surface area contributed by atoms with Crippen molar-refractivity contribution in [2.45, 2.75) is 24.8 Å². The van der Waals surface area contributed by atoms with E-state index in [0.29, 0.717) is 12.2 Å². The van der Waals surface area contributed by atoms with Crippen LogP contribution in [0.5, 0.6) is 0 Å². The van der Waals surface area contributed by atoms with Crippen molar-refractivity contribution in [1.29, 1.82) is 0 Å². The molecule has 1 atom stereocenters. The molecular formula is C10H11NOS. The number of ketones is 1. The quantitative estimate of drug-likeness (QED) is 0.675. The van der Waals surface area contributed by atoms with Crippen LogP contribution in [0.2, 0.25) is 0 Å². The van der Waals surface area contributed by atoms with Crippen molar-refractivity contribution in [3.05, 3.63) is 21.9 Å². The lowest BCUT2D eigenvalue weighted by Gasteiger charge is -2.21. The number of aryl methyl sites for hydroxylation is 1. The van der Waals surface area contributed by atoms with Gasteiger partial charge in [0, 0.05) is 17.8 Å². The fourth-order valence-corrected chi connectivity index (χ4v) is 3.48. The zero-order chi connectivity index (χ0) is 8.89. The van der Waals surface area contributed by atoms with Crippen molar-refractivity contribution < 1.29 is 4.79 Å². The predicted octanol–water partition coefficient (Wildman–Crippen LogP) is 1.45. The van der Waals surface area contributed by atoms with E-state index in [9.17, 15) is 4.79 Å². The smallest absolute Gasteiger partial charge is 0.158 e. The van der Waals surface area contributed by atoms with E-state index >= 15 is 0 Å². The highest BCUT2D eigenvalue weighted by molar-refractivity contribution is 7.10. The van der Waals surface area contributed by atoms with Crippen LogP contribution >= 0.6 is 11.3 Å². The third-order valence-corrected chi connectivity index (χ3v) is 4.17. The molecular weight excluding hydrogens is 182 g/mol. The van der Waals surface area contributed by atoms with E-state index in [-0.39, 0.29) is 5.54 Å². The number of thiophene rings is 1. The van der Waals surface area contributed by atoms with Crippen molar-refractivity contribution in [3.63, 3.8) is 0 Å². The van der Waals surface area contributed by atoms with E-state index in [1.807, 2.05) is 0 Å². The number of carbonyl (C=O) groups excluding carboxylic acids is 1. The lowest BCUT2D eigenvalue weighted by molar-refractivity contribution is -0.122. The number of rotatable bonds is 0. The van der Waals surface area contributed by atoms with Gasteiger partial charge in [0.2, 0.25) is 0 Å². The average Bonchev–Trinajstić information content (AvgIpc) is 2.72. The molecule has 1 aliphatic heterocycles. The van der Waals surface area contributed by atoms with E-state index in [4.69, 9.17) is 0 Å². The molecule has 0 aromatic carbocycles. The summed E-state index contributed by atoms with van der Waals surface area (Å²) in [5, 5.41) is 5.48. The molecule has 1 saturated heterocycles. The number of hydrogen-bond acceptors (Lipinski definition) is 3. The molecule has 2 heterocycles. The molecule has 0 amide bonds. The molecule has 1 spiro atoms. The summed E-state index contributed by atoms with van der Waals surface area (Å²) in [5.41, 5.74) is 0.995. The molecule has 2 nitrogen and oxygen atoms in total. The van der Waals surface area contributed by atoms with Gasteiger partial charge in [-0.3, -0.25) is 4.79 Å². The molecule has 0 bridgehead atoms. The number of Topliss-reactive ketones (excluding diaryl/α,β-unsaturated/α-hetero) is 1. The van der Waals surface area contributed by atoms with Crippen LogP contribution in [0.3, 0.4) is 0 Å². The van der Waals surface area contributed by atoms with Crippen LogP contribution in [0.4, 0.5) is 0 Å². The van der Waals surface area contributed by atoms with E-state index in [2.05, 4.69) is 16.8 Å². The highest BCUT2D eigenvalue weighted by Gasteiger charge is 2.47. The Morgan fingerprint density at radius 3 is 3.15 bits per heavy atom. The molecule has 3 rings (SSSR count). The van der Waals surface area contributed by atoms with E-state index in [1.54, 1.807) is 11.3 Å². The SMILES string of the molecule is O=C1CCNC12CCc1sccc12. The zero-order valence-corrected chi connectivity index (χ0v) is 8.12. The van der Waals surface area contributed by atoms with Gasteiger partial charge in [-0.2, -0.15) is 0 Å². The van der Waals surface area contributed by atoms with Gasteiger partial charge in [0.15, 0.2) is 5.78 Å². The van der Waals surface area contributed by atoms with Crippen LogP contribution in [0.25, 0.3) is 0 Å². The maximum Gasteiger partial charge on any atom is 0.158 e. The molecule has 1 unspecified atom stereocenters. The molecule has 1 fully saturated rings. The Morgan fingerprint density at radius 1 is 1.46 bits per heavy atom. The number of nitrogens with one attached hydrogen (secondary N) is 1. The third kappa shape index (κ3) is 0.837. The summed E-state index contributed by atoms with van der Waals surface area (Å²) in [6, 6.07) is 2.11. The molecule has 1 aromatic rings. The van der Waals surface area contributed by atoms with E-state index in [1.165, 1.54) is 10.4 Å². The van der Waals surface area contributed by atoms with Gasteiger partial charge in [-0.05, 0) is 29.9 Å². The Morgan fingerprint density at radius 2 is 2.38 bits per heavy atom. The average molecular weight is 193 g/mol. The van der Waals surface area contributed by atoms with Gasteiger partial charge in [-0.15, -0.1) is 11.3 Å². The minimum absolute atomic E-state index is 0.269. The van der Waals surface area contributed by atoms with Crippen molar-refractivity contribution in [3.8, 4) is 0 Å². The first kappa shape index (κ1) is 7.71. The zero-order valence-electron chi connectivity index (χ0n) is 7.30. The molecule has 0 radical (unpaired) electrons. The van der Waals surface area contributed by atoms with Gasteiger partial charge in [-0.1, -0.05) is 0 Å². The Labute approximate surface area is 81.0 Å². The Kier molecular flexibility index (Phi) is 1.44. The topological polar surface area (TPSA) is 29.1 Å². The predicted molar refractivity (Wildman–Crippen MR) is 51.9 cm³/mol. The summed E-state index contributed by atoms with van der Waals surface area (Å²) >= 11 is 1.78. The molecule has 13 heavy (non-hydrogen) atoms. The Hall–Kier alpha value is -0.670. The first-order valence-corrected chi connectivity index (χ1v) is 5.56. The number of carbonyl (C=O) groups is 1. The van der Waals surface area contributed by atoms with Gasteiger partial charge in [0.05, 0.1) is 0 Å². The monoisotopic (exact) mass is 193 g/mol. The standard InChI is InChI=1S/C10H11NOS/c12-9-2-5-11-10(9)4-1-8-7(10)3-6-13-8/h3,6,11H,1-2,4-5H2. The fourth-order valence-electron chi connectivity index (χ4n) is 2.52. The summed E-state index contributed by atoms with van der Waals surface area (Å²) in [4.78, 5) is 13.2. The molecule has 1 N–H and O–H groups in total. The summed E-state index contributed by atoms with van der Waals surface area (Å²) in [6.45, 7) is 0.855. The summed E-state index contributed by atoms with van der Waals surface area (Å²) in [6.07, 6.45) is 2.76. The summed E-state index contributed by atoms with van der Waals surface area (Å²) in [7, 11) is 0. The van der Waals surface area contributed by atoms with E-state index in [0.717, 1.165) is 19.4 Å². The van der Waals surface area contributed by atoms with Crippen LogP contribution in [-0.2, 0) is 16.8 Å². The van der Waals surface area contributed by atoms with Crippen LogP contribution in [0, 0.1) is 0 Å². The summed E-state index contributed by atoms with van der Waals surface area (Å²) < 4.78 is 0. The normalized spacial score (nSPS) is 31.5. The maximum atomic E-state index is 11.8. The van der Waals surface area contributed by atoms with Gasteiger partial charge >= 0.3 is 0 Å². The maximum absolute atomic E-state index is 11.8. The number of fused-ring (bicyclic) bond motifs is 2. The molecule has 2 aliphatic rings. The van der Waals surface area contributed by atoms with Crippen molar-refractivity contribution in [2.75, 3.05) is 6.54 Å². The van der Waals surface area contributed by atoms with Gasteiger partial charge in [0.1, 0.15) is 5.54 Å². The molecule has 1 aliphatic carbocycles. The second-order valence-corrected chi connectivity index (χ2v) is 4.76.